The molecule has 0 spiro atoms. The molecule has 3 heteroatoms. The predicted molar refractivity (Wildman–Crippen MR) is 66.0 cm³/mol. The van der Waals surface area contributed by atoms with E-state index in [1.54, 1.807) is 0 Å². The molecule has 3 nitrogen and oxygen atoms in total. The highest BCUT2D eigenvalue weighted by Crippen LogP contribution is 2.33. The van der Waals surface area contributed by atoms with Gasteiger partial charge in [0.2, 0.25) is 0 Å². The first kappa shape index (κ1) is 11.6. The van der Waals surface area contributed by atoms with Crippen LogP contribution in [0.1, 0.15) is 38.4 Å². The first-order valence-corrected chi connectivity index (χ1v) is 6.38. The molecule has 0 radical (unpaired) electrons. The van der Waals surface area contributed by atoms with Crippen molar-refractivity contribution in [3.05, 3.63) is 18.2 Å². The smallest absolute Gasteiger partial charge is 0.108 e. The molecule has 2 rings (SSSR count). The van der Waals surface area contributed by atoms with Crippen molar-refractivity contribution in [1.82, 2.24) is 9.55 Å². The fourth-order valence-electron chi connectivity index (χ4n) is 2.81. The Bertz CT molecular complexity index is 332. The third-order valence-electron chi connectivity index (χ3n) is 3.96. The summed E-state index contributed by atoms with van der Waals surface area (Å²) in [7, 11) is 2.05. The van der Waals surface area contributed by atoms with Crippen LogP contribution in [0.2, 0.25) is 0 Å². The van der Waals surface area contributed by atoms with Crippen LogP contribution >= 0.6 is 0 Å². The number of imidazole rings is 1. The van der Waals surface area contributed by atoms with Gasteiger partial charge < -0.3 is 10.3 Å². The van der Waals surface area contributed by atoms with E-state index in [4.69, 9.17) is 5.73 Å². The van der Waals surface area contributed by atoms with E-state index in [0.29, 0.717) is 6.04 Å². The molecule has 1 heterocycles. The SMILES string of the molecule is CC1CCC(C(N)CCc2nccn2C)C1. The lowest BCUT2D eigenvalue weighted by Crippen LogP contribution is -2.29. The summed E-state index contributed by atoms with van der Waals surface area (Å²) in [4.78, 5) is 4.34. The zero-order chi connectivity index (χ0) is 11.5. The first-order valence-electron chi connectivity index (χ1n) is 6.38. The summed E-state index contributed by atoms with van der Waals surface area (Å²) < 4.78 is 2.09. The van der Waals surface area contributed by atoms with Crippen LogP contribution in [0, 0.1) is 11.8 Å². The predicted octanol–water partition coefficient (Wildman–Crippen LogP) is 2.12. The van der Waals surface area contributed by atoms with Gasteiger partial charge in [-0.15, -0.1) is 0 Å². The van der Waals surface area contributed by atoms with Crippen LogP contribution in [0.5, 0.6) is 0 Å². The van der Waals surface area contributed by atoms with Gasteiger partial charge in [0.15, 0.2) is 0 Å². The summed E-state index contributed by atoms with van der Waals surface area (Å²) in [6, 6.07) is 0.363. The van der Waals surface area contributed by atoms with E-state index >= 15 is 0 Å². The maximum atomic E-state index is 6.27. The van der Waals surface area contributed by atoms with Gasteiger partial charge in [0, 0.05) is 31.9 Å². The van der Waals surface area contributed by atoms with Gasteiger partial charge in [-0.25, -0.2) is 4.98 Å². The van der Waals surface area contributed by atoms with Gasteiger partial charge in [-0.2, -0.15) is 0 Å². The van der Waals surface area contributed by atoms with E-state index < -0.39 is 0 Å². The minimum atomic E-state index is 0.363. The maximum absolute atomic E-state index is 6.27. The lowest BCUT2D eigenvalue weighted by molar-refractivity contribution is 0.395. The second-order valence-electron chi connectivity index (χ2n) is 5.34. The molecule has 1 saturated carbocycles. The number of hydrogen-bond donors (Lipinski definition) is 1. The molecule has 0 aromatic carbocycles. The van der Waals surface area contributed by atoms with Crippen LogP contribution in [-0.4, -0.2) is 15.6 Å². The van der Waals surface area contributed by atoms with Crippen LogP contribution < -0.4 is 5.73 Å². The summed E-state index contributed by atoms with van der Waals surface area (Å²) in [6.45, 7) is 2.34. The number of hydrogen-bond acceptors (Lipinski definition) is 2. The molecule has 1 aromatic heterocycles. The fraction of sp³-hybridized carbons (Fsp3) is 0.769. The molecule has 1 aromatic rings. The summed E-state index contributed by atoms with van der Waals surface area (Å²) in [5, 5.41) is 0. The number of rotatable bonds is 4. The van der Waals surface area contributed by atoms with Gasteiger partial charge in [-0.3, -0.25) is 0 Å². The van der Waals surface area contributed by atoms with Crippen molar-refractivity contribution in [3.8, 4) is 0 Å². The molecule has 1 aliphatic rings. The van der Waals surface area contributed by atoms with Gasteiger partial charge in [-0.05, 0) is 31.1 Å². The van der Waals surface area contributed by atoms with Crippen molar-refractivity contribution in [3.63, 3.8) is 0 Å². The number of nitrogens with zero attached hydrogens (tertiary/aromatic N) is 2. The van der Waals surface area contributed by atoms with Gasteiger partial charge in [0.25, 0.3) is 0 Å². The molecule has 1 aliphatic carbocycles. The van der Waals surface area contributed by atoms with Crippen molar-refractivity contribution >= 4 is 0 Å². The topological polar surface area (TPSA) is 43.8 Å². The van der Waals surface area contributed by atoms with Gasteiger partial charge in [0.05, 0.1) is 0 Å². The monoisotopic (exact) mass is 221 g/mol. The highest BCUT2D eigenvalue weighted by atomic mass is 15.0. The third-order valence-corrected chi connectivity index (χ3v) is 3.96. The Hall–Kier alpha value is -0.830. The van der Waals surface area contributed by atoms with E-state index in [2.05, 4.69) is 16.5 Å². The zero-order valence-corrected chi connectivity index (χ0v) is 10.4. The molecule has 1 fully saturated rings. The second kappa shape index (κ2) is 5.00. The molecule has 0 saturated heterocycles. The Labute approximate surface area is 98.1 Å². The van der Waals surface area contributed by atoms with E-state index in [1.807, 2.05) is 19.4 Å². The van der Waals surface area contributed by atoms with Crippen LogP contribution in [0.25, 0.3) is 0 Å². The van der Waals surface area contributed by atoms with Crippen molar-refractivity contribution in [2.45, 2.75) is 45.1 Å². The Balaban J connectivity index is 1.80. The minimum absolute atomic E-state index is 0.363. The van der Waals surface area contributed by atoms with Crippen LogP contribution in [0.4, 0.5) is 0 Å². The van der Waals surface area contributed by atoms with Crippen LogP contribution in [-0.2, 0) is 13.5 Å². The van der Waals surface area contributed by atoms with Crippen LogP contribution in [0.3, 0.4) is 0 Å². The summed E-state index contributed by atoms with van der Waals surface area (Å²) >= 11 is 0. The van der Waals surface area contributed by atoms with E-state index in [9.17, 15) is 0 Å². The van der Waals surface area contributed by atoms with Gasteiger partial charge in [0.1, 0.15) is 5.82 Å². The second-order valence-corrected chi connectivity index (χ2v) is 5.34. The Morgan fingerprint density at radius 2 is 2.38 bits per heavy atom. The maximum Gasteiger partial charge on any atom is 0.108 e. The average Bonchev–Trinajstić information content (AvgIpc) is 2.84. The van der Waals surface area contributed by atoms with Gasteiger partial charge in [-0.1, -0.05) is 13.3 Å². The van der Waals surface area contributed by atoms with E-state index in [0.717, 1.165) is 30.5 Å². The number of aromatic nitrogens is 2. The lowest BCUT2D eigenvalue weighted by atomic mass is 9.94. The van der Waals surface area contributed by atoms with Gasteiger partial charge >= 0.3 is 0 Å². The Kier molecular flexibility index (Phi) is 3.64. The van der Waals surface area contributed by atoms with Crippen molar-refractivity contribution in [1.29, 1.82) is 0 Å². The summed E-state index contributed by atoms with van der Waals surface area (Å²) in [5.74, 6) is 2.78. The lowest BCUT2D eigenvalue weighted by Gasteiger charge is -2.18. The molecule has 0 amide bonds. The largest absolute Gasteiger partial charge is 0.338 e. The standard InChI is InChI=1S/C13H23N3/c1-10-3-4-11(9-10)12(14)5-6-13-15-7-8-16(13)2/h7-8,10-12H,3-6,9,14H2,1-2H3. The molecular weight excluding hydrogens is 198 g/mol. The summed E-state index contributed by atoms with van der Waals surface area (Å²) in [5.41, 5.74) is 6.27. The highest BCUT2D eigenvalue weighted by molar-refractivity contribution is 4.93. The van der Waals surface area contributed by atoms with Crippen molar-refractivity contribution in [2.75, 3.05) is 0 Å². The molecule has 90 valence electrons. The number of nitrogens with two attached hydrogens (primary N) is 1. The molecule has 3 unspecified atom stereocenters. The molecule has 2 N–H and O–H groups in total. The minimum Gasteiger partial charge on any atom is -0.338 e. The molecule has 0 aliphatic heterocycles. The van der Waals surface area contributed by atoms with E-state index in [1.165, 1.54) is 19.3 Å². The summed E-state index contributed by atoms with van der Waals surface area (Å²) in [6.07, 6.45) is 9.94. The third kappa shape index (κ3) is 2.64. The normalized spacial score (nSPS) is 27.2. The average molecular weight is 221 g/mol. The Morgan fingerprint density at radius 3 is 2.94 bits per heavy atom. The first-order chi connectivity index (χ1) is 7.66. The molecular formula is C13H23N3. The molecule has 16 heavy (non-hydrogen) atoms. The van der Waals surface area contributed by atoms with Crippen LogP contribution in [0.15, 0.2) is 12.4 Å². The molecule has 0 bridgehead atoms. The fourth-order valence-corrected chi connectivity index (χ4v) is 2.81. The van der Waals surface area contributed by atoms with Crippen molar-refractivity contribution in [2.24, 2.45) is 24.6 Å². The van der Waals surface area contributed by atoms with E-state index in [-0.39, 0.29) is 0 Å². The van der Waals surface area contributed by atoms with Crippen molar-refractivity contribution < 1.29 is 0 Å². The zero-order valence-electron chi connectivity index (χ0n) is 10.4. The highest BCUT2D eigenvalue weighted by Gasteiger charge is 2.26. The quantitative estimate of drug-likeness (QED) is 0.846. The Morgan fingerprint density at radius 1 is 1.56 bits per heavy atom. The molecule has 3 atom stereocenters. The number of aryl methyl sites for hydroxylation is 2.